The maximum atomic E-state index is 14.9. The zero-order valence-electron chi connectivity index (χ0n) is 16.0. The SMILES string of the molecule is O=C(O)c1cc2c3c(c1)[C@@H]1C=CC[C@@H]1[C@H](c1ccccc1F)N3C[C@H]1CC=C[C@@H]21. The molecule has 3 nitrogen and oxygen atoms in total. The summed E-state index contributed by atoms with van der Waals surface area (Å²) < 4.78 is 14.9. The summed E-state index contributed by atoms with van der Waals surface area (Å²) in [6.07, 6.45) is 10.7. The molecule has 29 heavy (non-hydrogen) atoms. The van der Waals surface area contributed by atoms with Crippen molar-refractivity contribution < 1.29 is 14.3 Å². The number of carboxylic acid groups (broad SMARTS) is 1. The van der Waals surface area contributed by atoms with Crippen LogP contribution < -0.4 is 4.90 Å². The Kier molecular flexibility index (Phi) is 3.55. The zero-order chi connectivity index (χ0) is 19.7. The molecule has 2 heterocycles. The second-order valence-corrected chi connectivity index (χ2v) is 8.73. The van der Waals surface area contributed by atoms with Crippen LogP contribution in [0, 0.1) is 17.7 Å². The summed E-state index contributed by atoms with van der Waals surface area (Å²) in [5.74, 6) is -0.00781. The van der Waals surface area contributed by atoms with Crippen molar-refractivity contribution in [1.82, 2.24) is 0 Å². The largest absolute Gasteiger partial charge is 0.478 e. The van der Waals surface area contributed by atoms with Crippen molar-refractivity contribution in [2.45, 2.75) is 30.7 Å². The molecule has 0 bridgehead atoms. The van der Waals surface area contributed by atoms with E-state index in [-0.39, 0.29) is 29.6 Å². The molecule has 0 amide bonds. The number of hydrogen-bond acceptors (Lipinski definition) is 2. The maximum absolute atomic E-state index is 14.9. The number of halogens is 1. The van der Waals surface area contributed by atoms with E-state index in [0.29, 0.717) is 11.5 Å². The molecule has 4 heteroatoms. The van der Waals surface area contributed by atoms with Crippen LogP contribution >= 0.6 is 0 Å². The fourth-order valence-corrected chi connectivity index (χ4v) is 6.17. The minimum absolute atomic E-state index is 0.0281. The van der Waals surface area contributed by atoms with E-state index in [1.807, 2.05) is 24.3 Å². The molecule has 0 aromatic heterocycles. The third-order valence-corrected chi connectivity index (χ3v) is 7.32. The first-order valence-corrected chi connectivity index (χ1v) is 10.4. The van der Waals surface area contributed by atoms with Gasteiger partial charge in [0.1, 0.15) is 5.82 Å². The monoisotopic (exact) mass is 387 g/mol. The molecule has 0 unspecified atom stereocenters. The van der Waals surface area contributed by atoms with Gasteiger partial charge in [-0.2, -0.15) is 0 Å². The Labute approximate surface area is 169 Å². The van der Waals surface area contributed by atoms with Crippen LogP contribution in [0.3, 0.4) is 0 Å². The van der Waals surface area contributed by atoms with Gasteiger partial charge in [0.25, 0.3) is 0 Å². The number of aromatic carboxylic acids is 1. The molecule has 146 valence electrons. The molecular weight excluding hydrogens is 365 g/mol. The normalized spacial score (nSPS) is 30.8. The van der Waals surface area contributed by atoms with E-state index in [9.17, 15) is 14.3 Å². The summed E-state index contributed by atoms with van der Waals surface area (Å²) in [6, 6.07) is 10.8. The number of carboxylic acids is 1. The van der Waals surface area contributed by atoms with Gasteiger partial charge in [-0.15, -0.1) is 0 Å². The van der Waals surface area contributed by atoms with Gasteiger partial charge in [0.2, 0.25) is 0 Å². The second kappa shape index (κ2) is 6.06. The number of fused-ring (bicyclic) bond motifs is 4. The molecule has 6 rings (SSSR count). The molecular formula is C25H22FNO2. The van der Waals surface area contributed by atoms with Crippen LogP contribution in [-0.4, -0.2) is 17.6 Å². The highest BCUT2D eigenvalue weighted by Gasteiger charge is 2.48. The number of allylic oxidation sites excluding steroid dienone is 4. The van der Waals surface area contributed by atoms with E-state index in [0.717, 1.165) is 41.8 Å². The van der Waals surface area contributed by atoms with Gasteiger partial charge in [0.15, 0.2) is 0 Å². The van der Waals surface area contributed by atoms with Crippen molar-refractivity contribution in [3.63, 3.8) is 0 Å². The number of benzene rings is 2. The fourth-order valence-electron chi connectivity index (χ4n) is 6.17. The van der Waals surface area contributed by atoms with Crippen molar-refractivity contribution in [1.29, 1.82) is 0 Å². The Bertz CT molecular complexity index is 1070. The standard InChI is InChI=1S/C25H22FNO2/c26-22-10-2-1-6-19(22)23-18-9-4-8-17(18)21-12-15(25(28)29)11-20-16-7-3-5-14(16)13-27(23)24(20)21/h1-4,6-8,10-12,14,16-18,23H,5,9,13H2,(H,28,29)/t14-,16-,17-,18+,23-/m1/s1. The lowest BCUT2D eigenvalue weighted by molar-refractivity contribution is 0.0696. The summed E-state index contributed by atoms with van der Waals surface area (Å²) in [5.41, 5.74) is 4.47. The molecule has 2 aromatic carbocycles. The Hall–Kier alpha value is -2.88. The van der Waals surface area contributed by atoms with Gasteiger partial charge >= 0.3 is 5.97 Å². The first-order chi connectivity index (χ1) is 14.1. The summed E-state index contributed by atoms with van der Waals surface area (Å²) in [6.45, 7) is 0.881. The van der Waals surface area contributed by atoms with Gasteiger partial charge in [-0.1, -0.05) is 42.5 Å². The lowest BCUT2D eigenvalue weighted by Gasteiger charge is -2.51. The predicted molar refractivity (Wildman–Crippen MR) is 110 cm³/mol. The number of rotatable bonds is 2. The number of carbonyl (C=O) groups is 1. The smallest absolute Gasteiger partial charge is 0.335 e. The molecule has 2 aliphatic carbocycles. The van der Waals surface area contributed by atoms with Crippen LogP contribution in [0.2, 0.25) is 0 Å². The highest BCUT2D eigenvalue weighted by atomic mass is 19.1. The van der Waals surface area contributed by atoms with E-state index in [2.05, 4.69) is 29.2 Å². The van der Waals surface area contributed by atoms with Gasteiger partial charge < -0.3 is 10.0 Å². The third kappa shape index (κ3) is 2.32. The lowest BCUT2D eigenvalue weighted by atomic mass is 9.70. The molecule has 2 aliphatic heterocycles. The minimum atomic E-state index is -0.880. The Balaban J connectivity index is 1.62. The molecule has 0 spiro atoms. The molecule has 0 radical (unpaired) electrons. The minimum Gasteiger partial charge on any atom is -0.478 e. The fraction of sp³-hybridized carbons (Fsp3) is 0.320. The topological polar surface area (TPSA) is 40.5 Å². The third-order valence-electron chi connectivity index (χ3n) is 7.32. The number of anilines is 1. The van der Waals surface area contributed by atoms with Crippen LogP contribution in [-0.2, 0) is 0 Å². The molecule has 5 atom stereocenters. The van der Waals surface area contributed by atoms with Crippen LogP contribution in [0.15, 0.2) is 60.7 Å². The number of hydrogen-bond donors (Lipinski definition) is 1. The van der Waals surface area contributed by atoms with Crippen molar-refractivity contribution in [2.24, 2.45) is 11.8 Å². The average Bonchev–Trinajstić information content (AvgIpc) is 3.38. The van der Waals surface area contributed by atoms with Crippen LogP contribution in [0.25, 0.3) is 0 Å². The van der Waals surface area contributed by atoms with E-state index < -0.39 is 5.97 Å². The van der Waals surface area contributed by atoms with Gasteiger partial charge in [-0.05, 0) is 54.0 Å². The summed E-state index contributed by atoms with van der Waals surface area (Å²) in [4.78, 5) is 14.3. The maximum Gasteiger partial charge on any atom is 0.335 e. The van der Waals surface area contributed by atoms with Crippen molar-refractivity contribution in [3.8, 4) is 0 Å². The van der Waals surface area contributed by atoms with E-state index >= 15 is 0 Å². The molecule has 4 aliphatic rings. The highest BCUT2D eigenvalue weighted by Crippen LogP contribution is 2.59. The van der Waals surface area contributed by atoms with Gasteiger partial charge in [-0.25, -0.2) is 9.18 Å². The Morgan fingerprint density at radius 1 is 1.00 bits per heavy atom. The first kappa shape index (κ1) is 17.0. The van der Waals surface area contributed by atoms with Crippen molar-refractivity contribution in [3.05, 3.63) is 88.8 Å². The molecule has 0 saturated heterocycles. The first-order valence-electron chi connectivity index (χ1n) is 10.4. The second-order valence-electron chi connectivity index (χ2n) is 8.73. The quantitative estimate of drug-likeness (QED) is 0.700. The van der Waals surface area contributed by atoms with E-state index in [4.69, 9.17) is 0 Å². The van der Waals surface area contributed by atoms with Gasteiger partial charge in [0, 0.05) is 29.6 Å². The average molecular weight is 387 g/mol. The highest BCUT2D eigenvalue weighted by molar-refractivity contribution is 5.90. The van der Waals surface area contributed by atoms with E-state index in [1.54, 1.807) is 12.1 Å². The molecule has 1 N–H and O–H groups in total. The summed E-state index contributed by atoms with van der Waals surface area (Å²) >= 11 is 0. The van der Waals surface area contributed by atoms with Gasteiger partial charge in [0.05, 0.1) is 11.6 Å². The van der Waals surface area contributed by atoms with Gasteiger partial charge in [-0.3, -0.25) is 0 Å². The Morgan fingerprint density at radius 3 is 2.52 bits per heavy atom. The lowest BCUT2D eigenvalue weighted by Crippen LogP contribution is -2.46. The summed E-state index contributed by atoms with van der Waals surface area (Å²) in [5, 5.41) is 9.74. The summed E-state index contributed by atoms with van der Waals surface area (Å²) in [7, 11) is 0. The van der Waals surface area contributed by atoms with Crippen LogP contribution in [0.5, 0.6) is 0 Å². The van der Waals surface area contributed by atoms with Crippen LogP contribution in [0.4, 0.5) is 10.1 Å². The molecule has 2 aromatic rings. The predicted octanol–water partition coefficient (Wildman–Crippen LogP) is 5.42. The number of nitrogens with zero attached hydrogens (tertiary/aromatic N) is 1. The Morgan fingerprint density at radius 2 is 1.72 bits per heavy atom. The molecule has 0 saturated carbocycles. The van der Waals surface area contributed by atoms with Crippen LogP contribution in [0.1, 0.15) is 57.8 Å². The zero-order valence-corrected chi connectivity index (χ0v) is 16.0. The molecule has 0 fully saturated rings. The van der Waals surface area contributed by atoms with E-state index in [1.165, 1.54) is 0 Å². The van der Waals surface area contributed by atoms with Crippen molar-refractivity contribution >= 4 is 11.7 Å². The van der Waals surface area contributed by atoms with Crippen molar-refractivity contribution in [2.75, 3.05) is 11.4 Å².